The normalized spacial score (nSPS) is 11.5. The fourth-order valence-electron chi connectivity index (χ4n) is 1.15. The SMILES string of the molecule is CC(C)(C)N(C(=O)O)c1nc(CN)cs1. The van der Waals surface area contributed by atoms with Crippen LogP contribution in [0.2, 0.25) is 0 Å². The number of nitrogens with zero attached hydrogens (tertiary/aromatic N) is 2. The molecule has 0 aliphatic heterocycles. The van der Waals surface area contributed by atoms with Crippen LogP contribution in [0.5, 0.6) is 0 Å². The van der Waals surface area contributed by atoms with Crippen molar-refractivity contribution in [3.8, 4) is 0 Å². The molecule has 84 valence electrons. The number of hydrogen-bond donors (Lipinski definition) is 2. The van der Waals surface area contributed by atoms with Crippen LogP contribution in [0.1, 0.15) is 26.5 Å². The lowest BCUT2D eigenvalue weighted by molar-refractivity contribution is 0.195. The van der Waals surface area contributed by atoms with Crippen molar-refractivity contribution < 1.29 is 9.90 Å². The summed E-state index contributed by atoms with van der Waals surface area (Å²) >= 11 is 1.29. The first-order chi connectivity index (χ1) is 6.86. The highest BCUT2D eigenvalue weighted by atomic mass is 32.1. The second-order valence-corrected chi connectivity index (χ2v) is 4.95. The lowest BCUT2D eigenvalue weighted by atomic mass is 10.1. The van der Waals surface area contributed by atoms with E-state index in [-0.39, 0.29) is 0 Å². The third kappa shape index (κ3) is 2.66. The fraction of sp³-hybridized carbons (Fsp3) is 0.556. The highest BCUT2D eigenvalue weighted by Crippen LogP contribution is 2.27. The maximum Gasteiger partial charge on any atom is 0.414 e. The van der Waals surface area contributed by atoms with E-state index < -0.39 is 11.6 Å². The van der Waals surface area contributed by atoms with Crippen molar-refractivity contribution in [1.82, 2.24) is 4.98 Å². The molecule has 0 atom stereocenters. The van der Waals surface area contributed by atoms with Gasteiger partial charge in [0.2, 0.25) is 0 Å². The van der Waals surface area contributed by atoms with Crippen LogP contribution in [0, 0.1) is 0 Å². The molecule has 0 spiro atoms. The average Bonchev–Trinajstić information content (AvgIpc) is 2.49. The van der Waals surface area contributed by atoms with Crippen molar-refractivity contribution in [3.63, 3.8) is 0 Å². The summed E-state index contributed by atoms with van der Waals surface area (Å²) in [6, 6.07) is 0. The molecule has 0 aliphatic carbocycles. The first-order valence-electron chi connectivity index (χ1n) is 4.54. The Labute approximate surface area is 92.5 Å². The number of hydrogen-bond acceptors (Lipinski definition) is 4. The van der Waals surface area contributed by atoms with Gasteiger partial charge in [0.1, 0.15) is 0 Å². The Balaban J connectivity index is 3.05. The second kappa shape index (κ2) is 4.16. The molecule has 3 N–H and O–H groups in total. The standard InChI is InChI=1S/C9H15N3O2S/c1-9(2,3)12(8(13)14)7-11-6(4-10)5-15-7/h5H,4,10H2,1-3H3,(H,13,14). The Bertz CT molecular complexity index is 356. The zero-order valence-corrected chi connectivity index (χ0v) is 9.84. The topological polar surface area (TPSA) is 79.5 Å². The largest absolute Gasteiger partial charge is 0.465 e. The van der Waals surface area contributed by atoms with Gasteiger partial charge in [-0.25, -0.2) is 14.7 Å². The van der Waals surface area contributed by atoms with E-state index in [0.29, 0.717) is 17.4 Å². The lowest BCUT2D eigenvalue weighted by Crippen LogP contribution is -2.45. The molecule has 5 nitrogen and oxygen atoms in total. The minimum absolute atomic E-state index is 0.327. The maximum atomic E-state index is 11.1. The van der Waals surface area contributed by atoms with E-state index in [1.165, 1.54) is 16.2 Å². The molecule has 0 fully saturated rings. The number of nitrogens with two attached hydrogens (primary N) is 1. The molecule has 0 bridgehead atoms. The molecule has 0 radical (unpaired) electrons. The Hall–Kier alpha value is -1.14. The van der Waals surface area contributed by atoms with Crippen molar-refractivity contribution in [2.45, 2.75) is 32.9 Å². The summed E-state index contributed by atoms with van der Waals surface area (Å²) in [5.74, 6) is 0. The predicted octanol–water partition coefficient (Wildman–Crippen LogP) is 1.88. The van der Waals surface area contributed by atoms with Gasteiger partial charge >= 0.3 is 6.09 Å². The number of thiazole rings is 1. The average molecular weight is 229 g/mol. The van der Waals surface area contributed by atoms with E-state index >= 15 is 0 Å². The second-order valence-electron chi connectivity index (χ2n) is 4.11. The van der Waals surface area contributed by atoms with E-state index in [4.69, 9.17) is 10.8 Å². The lowest BCUT2D eigenvalue weighted by Gasteiger charge is -2.30. The van der Waals surface area contributed by atoms with E-state index in [0.717, 1.165) is 0 Å². The summed E-state index contributed by atoms with van der Waals surface area (Å²) in [4.78, 5) is 16.5. The molecule has 1 amide bonds. The van der Waals surface area contributed by atoms with Crippen LogP contribution in [0.3, 0.4) is 0 Å². The fourth-order valence-corrected chi connectivity index (χ4v) is 2.17. The highest BCUT2D eigenvalue weighted by Gasteiger charge is 2.30. The number of rotatable bonds is 2. The van der Waals surface area contributed by atoms with Gasteiger partial charge < -0.3 is 10.8 Å². The van der Waals surface area contributed by atoms with Crippen LogP contribution in [0.4, 0.5) is 9.93 Å². The van der Waals surface area contributed by atoms with E-state index in [1.54, 1.807) is 5.38 Å². The molecule has 0 aromatic carbocycles. The van der Waals surface area contributed by atoms with Gasteiger partial charge in [0.05, 0.1) is 5.69 Å². The van der Waals surface area contributed by atoms with Gasteiger partial charge in [-0.15, -0.1) is 11.3 Å². The third-order valence-electron chi connectivity index (χ3n) is 1.80. The highest BCUT2D eigenvalue weighted by molar-refractivity contribution is 7.14. The van der Waals surface area contributed by atoms with Gasteiger partial charge in [-0.2, -0.15) is 0 Å². The molecular formula is C9H15N3O2S. The van der Waals surface area contributed by atoms with Gasteiger partial charge in [-0.1, -0.05) is 0 Å². The smallest absolute Gasteiger partial charge is 0.414 e. The summed E-state index contributed by atoms with van der Waals surface area (Å²) in [5, 5.41) is 11.3. The Morgan fingerprint density at radius 1 is 1.67 bits per heavy atom. The number of aromatic nitrogens is 1. The van der Waals surface area contributed by atoms with Crippen LogP contribution in [-0.2, 0) is 6.54 Å². The number of carboxylic acid groups (broad SMARTS) is 1. The maximum absolute atomic E-state index is 11.1. The molecule has 1 aromatic rings. The molecule has 1 rings (SSSR count). The molecule has 0 saturated carbocycles. The number of amides is 1. The molecule has 0 saturated heterocycles. The van der Waals surface area contributed by atoms with Crippen molar-refractivity contribution in [3.05, 3.63) is 11.1 Å². The quantitative estimate of drug-likeness (QED) is 0.811. The molecule has 1 heterocycles. The van der Waals surface area contributed by atoms with Crippen LogP contribution in [0.25, 0.3) is 0 Å². The van der Waals surface area contributed by atoms with Crippen molar-refractivity contribution >= 4 is 22.6 Å². The molecule has 15 heavy (non-hydrogen) atoms. The summed E-state index contributed by atoms with van der Waals surface area (Å²) in [6.45, 7) is 5.80. The van der Waals surface area contributed by atoms with E-state index in [2.05, 4.69) is 4.98 Å². The van der Waals surface area contributed by atoms with Crippen molar-refractivity contribution in [2.75, 3.05) is 4.90 Å². The zero-order chi connectivity index (χ0) is 11.6. The molecule has 6 heteroatoms. The Kier molecular flexibility index (Phi) is 3.31. The van der Waals surface area contributed by atoms with E-state index in [9.17, 15) is 4.79 Å². The summed E-state index contributed by atoms with van der Waals surface area (Å²) < 4.78 is 0. The van der Waals surface area contributed by atoms with Gasteiger partial charge in [-0.05, 0) is 20.8 Å². The number of anilines is 1. The molecular weight excluding hydrogens is 214 g/mol. The molecule has 0 aliphatic rings. The van der Waals surface area contributed by atoms with Crippen LogP contribution in [0.15, 0.2) is 5.38 Å². The third-order valence-corrected chi connectivity index (χ3v) is 2.68. The van der Waals surface area contributed by atoms with Gasteiger partial charge in [-0.3, -0.25) is 0 Å². The van der Waals surface area contributed by atoms with Crippen LogP contribution >= 0.6 is 11.3 Å². The zero-order valence-electron chi connectivity index (χ0n) is 9.02. The van der Waals surface area contributed by atoms with Crippen LogP contribution < -0.4 is 10.6 Å². The van der Waals surface area contributed by atoms with Crippen LogP contribution in [-0.4, -0.2) is 21.7 Å². The van der Waals surface area contributed by atoms with Crippen molar-refractivity contribution in [2.24, 2.45) is 5.73 Å². The summed E-state index contributed by atoms with van der Waals surface area (Å²) in [6.07, 6.45) is -1.000. The first kappa shape index (κ1) is 11.9. The minimum atomic E-state index is -1.000. The summed E-state index contributed by atoms with van der Waals surface area (Å²) in [5.41, 5.74) is 5.64. The van der Waals surface area contributed by atoms with Gasteiger partial charge in [0.15, 0.2) is 5.13 Å². The van der Waals surface area contributed by atoms with E-state index in [1.807, 2.05) is 20.8 Å². The predicted molar refractivity (Wildman–Crippen MR) is 60.3 cm³/mol. The Morgan fingerprint density at radius 3 is 2.60 bits per heavy atom. The minimum Gasteiger partial charge on any atom is -0.465 e. The van der Waals surface area contributed by atoms with Gasteiger partial charge in [0, 0.05) is 17.5 Å². The molecule has 1 aromatic heterocycles. The van der Waals surface area contributed by atoms with Crippen molar-refractivity contribution in [1.29, 1.82) is 0 Å². The van der Waals surface area contributed by atoms with Gasteiger partial charge in [0.25, 0.3) is 0 Å². The number of carbonyl (C=O) groups is 1. The summed E-state index contributed by atoms with van der Waals surface area (Å²) in [7, 11) is 0. The molecule has 0 unspecified atom stereocenters. The first-order valence-corrected chi connectivity index (χ1v) is 5.42. The monoisotopic (exact) mass is 229 g/mol. The Morgan fingerprint density at radius 2 is 2.27 bits per heavy atom.